The topological polar surface area (TPSA) is 18.5 Å². The molecule has 0 aliphatic rings. The predicted octanol–water partition coefficient (Wildman–Crippen LogP) is 21.5. The molecule has 3 aromatic carbocycles. The highest BCUT2D eigenvalue weighted by Gasteiger charge is 2.19. The van der Waals surface area contributed by atoms with E-state index >= 15 is 0 Å². The highest BCUT2D eigenvalue weighted by molar-refractivity contribution is 6.20. The Hall–Kier alpha value is -2.45. The van der Waals surface area contributed by atoms with Gasteiger partial charge in [0.25, 0.3) is 0 Å². The Morgan fingerprint density at radius 3 is 0.894 bits per heavy atom. The first kappa shape index (κ1) is 57.9. The monoisotopic (exact) mass is 927 g/mol. The van der Waals surface area contributed by atoms with Crippen molar-refractivity contribution in [2.75, 3.05) is 13.2 Å². The molecule has 0 radical (unpaired) electrons. The van der Waals surface area contributed by atoms with Crippen LogP contribution in [0.15, 0.2) is 78.9 Å². The van der Waals surface area contributed by atoms with Crippen LogP contribution in [0.3, 0.4) is 0 Å². The molecule has 374 valence electrons. The number of alkyl halides is 1. The van der Waals surface area contributed by atoms with Crippen molar-refractivity contribution in [3.8, 4) is 11.5 Å². The van der Waals surface area contributed by atoms with Gasteiger partial charge in [0.1, 0.15) is 11.5 Å². The fourth-order valence-corrected chi connectivity index (χ4v) is 10.0. The lowest BCUT2D eigenvalue weighted by Crippen LogP contribution is -2.06. The Kier molecular flexibility index (Phi) is 37.4. The van der Waals surface area contributed by atoms with Crippen molar-refractivity contribution in [3.05, 3.63) is 95.6 Å². The van der Waals surface area contributed by atoms with Crippen molar-refractivity contribution >= 4 is 11.6 Å². The maximum absolute atomic E-state index is 6.52. The molecular weight excluding hydrogens is 824 g/mol. The summed E-state index contributed by atoms with van der Waals surface area (Å²) in [6, 6.07) is 28.5. The highest BCUT2D eigenvalue weighted by Crippen LogP contribution is 2.36. The summed E-state index contributed by atoms with van der Waals surface area (Å²) in [7, 11) is 0. The lowest BCUT2D eigenvalue weighted by Gasteiger charge is -2.21. The number of hydrogen-bond donors (Lipinski definition) is 0. The maximum atomic E-state index is 6.52. The van der Waals surface area contributed by atoms with Crippen molar-refractivity contribution < 1.29 is 9.47 Å². The van der Waals surface area contributed by atoms with Crippen molar-refractivity contribution in [1.29, 1.82) is 0 Å². The smallest absolute Gasteiger partial charge is 0.123 e. The largest absolute Gasteiger partial charge is 0.493 e. The number of unbranched alkanes of at least 4 members (excludes halogenated alkanes) is 36. The molecule has 0 amide bonds. The van der Waals surface area contributed by atoms with Crippen molar-refractivity contribution in [3.63, 3.8) is 0 Å². The van der Waals surface area contributed by atoms with Gasteiger partial charge in [0, 0.05) is 17.4 Å². The SMILES string of the molecule is CCCCCCCCCCCCCCCCCCCCCCOc1cc(OCCCCCCCCCCCCCCCCCCCCC(C)Cl)cc(C(c2ccccc2)c2ccccc2)c1. The van der Waals surface area contributed by atoms with Gasteiger partial charge in [-0.1, -0.05) is 299 Å². The van der Waals surface area contributed by atoms with Crippen LogP contribution in [0.2, 0.25) is 0 Å². The number of ether oxygens (including phenoxy) is 2. The second kappa shape index (κ2) is 42.6. The van der Waals surface area contributed by atoms with E-state index in [-0.39, 0.29) is 5.92 Å². The van der Waals surface area contributed by atoms with Crippen molar-refractivity contribution in [1.82, 2.24) is 0 Å². The molecular formula is C63H103ClO2. The lowest BCUT2D eigenvalue weighted by molar-refractivity contribution is 0.289. The molecule has 0 aliphatic heterocycles. The van der Waals surface area contributed by atoms with Gasteiger partial charge >= 0.3 is 0 Å². The molecule has 66 heavy (non-hydrogen) atoms. The number of hydrogen-bond acceptors (Lipinski definition) is 2. The van der Waals surface area contributed by atoms with E-state index in [4.69, 9.17) is 21.1 Å². The number of benzene rings is 3. The lowest BCUT2D eigenvalue weighted by atomic mass is 9.85. The molecule has 0 N–H and O–H groups in total. The van der Waals surface area contributed by atoms with Crippen LogP contribution in [0.25, 0.3) is 0 Å². The predicted molar refractivity (Wildman–Crippen MR) is 292 cm³/mol. The van der Waals surface area contributed by atoms with E-state index < -0.39 is 0 Å². The summed E-state index contributed by atoms with van der Waals surface area (Å²) >= 11 is 6.05. The molecule has 3 aromatic rings. The Morgan fingerprint density at radius 2 is 0.606 bits per heavy atom. The third-order valence-corrected chi connectivity index (χ3v) is 14.3. The quantitative estimate of drug-likeness (QED) is 0.0319. The van der Waals surface area contributed by atoms with E-state index in [1.807, 2.05) is 0 Å². The molecule has 0 saturated carbocycles. The molecule has 0 bridgehead atoms. The average molecular weight is 928 g/mol. The fourth-order valence-electron chi connectivity index (χ4n) is 9.89. The second-order valence-corrected chi connectivity index (χ2v) is 21.1. The maximum Gasteiger partial charge on any atom is 0.123 e. The normalized spacial score (nSPS) is 12.0. The van der Waals surface area contributed by atoms with Crippen molar-refractivity contribution in [2.24, 2.45) is 0 Å². The zero-order chi connectivity index (χ0) is 46.6. The van der Waals surface area contributed by atoms with Gasteiger partial charge in [0.05, 0.1) is 13.2 Å². The van der Waals surface area contributed by atoms with E-state index in [0.29, 0.717) is 5.38 Å². The summed E-state index contributed by atoms with van der Waals surface area (Å²) in [5.41, 5.74) is 3.82. The van der Waals surface area contributed by atoms with E-state index in [0.717, 1.165) is 37.6 Å². The first-order valence-electron chi connectivity index (χ1n) is 28.8. The summed E-state index contributed by atoms with van der Waals surface area (Å²) in [6.45, 7) is 5.94. The molecule has 0 spiro atoms. The second-order valence-electron chi connectivity index (χ2n) is 20.3. The van der Waals surface area contributed by atoms with Crippen LogP contribution in [0.4, 0.5) is 0 Å². The summed E-state index contributed by atoms with van der Waals surface area (Å²) in [5, 5.41) is 0.348. The van der Waals surface area contributed by atoms with Gasteiger partial charge in [-0.05, 0) is 55.0 Å². The van der Waals surface area contributed by atoms with Gasteiger partial charge in [-0.3, -0.25) is 0 Å². The molecule has 0 aromatic heterocycles. The minimum atomic E-state index is 0.124. The van der Waals surface area contributed by atoms with Crippen LogP contribution < -0.4 is 9.47 Å². The van der Waals surface area contributed by atoms with Crippen LogP contribution in [0.5, 0.6) is 11.5 Å². The molecule has 3 rings (SSSR count). The standard InChI is InChI=1S/C63H103ClO2/c1-3-4-5-6-7-8-9-10-11-12-13-15-18-21-24-27-30-33-36-45-52-65-61-54-60(63(58-48-41-38-42-49-58)59-50-43-39-44-51-59)55-62(56-61)66-53-46-37-34-31-28-25-22-19-16-14-17-20-23-26-29-32-35-40-47-57(2)64/h38-39,41-44,48-51,54-57,63H,3-37,40,45-47,52-53H2,1-2H3. The van der Waals surface area contributed by atoms with Gasteiger partial charge in [-0.25, -0.2) is 0 Å². The fraction of sp³-hybridized carbons (Fsp3) is 0.714. The number of halogens is 1. The molecule has 0 heterocycles. The molecule has 1 unspecified atom stereocenters. The van der Waals surface area contributed by atoms with E-state index in [1.165, 1.54) is 254 Å². The molecule has 0 aliphatic carbocycles. The zero-order valence-corrected chi connectivity index (χ0v) is 44.1. The average Bonchev–Trinajstić information content (AvgIpc) is 3.33. The van der Waals surface area contributed by atoms with Gasteiger partial charge in [0.2, 0.25) is 0 Å². The van der Waals surface area contributed by atoms with E-state index in [9.17, 15) is 0 Å². The third-order valence-electron chi connectivity index (χ3n) is 14.0. The minimum absolute atomic E-state index is 0.124. The number of rotatable bonds is 47. The Balaban J connectivity index is 1.27. The first-order chi connectivity index (χ1) is 32.7. The van der Waals surface area contributed by atoms with Crippen LogP contribution in [0, 0.1) is 0 Å². The Labute approximate surface area is 414 Å². The van der Waals surface area contributed by atoms with Gasteiger partial charge in [-0.2, -0.15) is 0 Å². The summed E-state index contributed by atoms with van der Waals surface area (Å²) in [6.07, 6.45) is 53.9. The molecule has 0 saturated heterocycles. The summed E-state index contributed by atoms with van der Waals surface area (Å²) in [4.78, 5) is 0. The van der Waals surface area contributed by atoms with Crippen LogP contribution in [-0.4, -0.2) is 18.6 Å². The van der Waals surface area contributed by atoms with Gasteiger partial charge in [0.15, 0.2) is 0 Å². The minimum Gasteiger partial charge on any atom is -0.493 e. The summed E-state index contributed by atoms with van der Waals surface area (Å²) in [5.74, 6) is 2.00. The van der Waals surface area contributed by atoms with Crippen LogP contribution in [-0.2, 0) is 0 Å². The summed E-state index contributed by atoms with van der Waals surface area (Å²) < 4.78 is 13.0. The Morgan fingerprint density at radius 1 is 0.333 bits per heavy atom. The highest BCUT2D eigenvalue weighted by atomic mass is 35.5. The third kappa shape index (κ3) is 31.6. The molecule has 0 fully saturated rings. The van der Waals surface area contributed by atoms with Gasteiger partial charge in [-0.15, -0.1) is 11.6 Å². The van der Waals surface area contributed by atoms with E-state index in [1.54, 1.807) is 0 Å². The first-order valence-corrected chi connectivity index (χ1v) is 29.3. The van der Waals surface area contributed by atoms with Crippen LogP contribution >= 0.6 is 11.6 Å². The zero-order valence-electron chi connectivity index (χ0n) is 43.3. The van der Waals surface area contributed by atoms with E-state index in [2.05, 4.69) is 92.7 Å². The Bertz CT molecular complexity index is 1420. The van der Waals surface area contributed by atoms with Gasteiger partial charge < -0.3 is 9.47 Å². The molecule has 3 heteroatoms. The van der Waals surface area contributed by atoms with Crippen LogP contribution in [0.1, 0.15) is 287 Å². The molecule has 1 atom stereocenters. The van der Waals surface area contributed by atoms with Crippen molar-refractivity contribution in [2.45, 2.75) is 276 Å². The molecule has 2 nitrogen and oxygen atoms in total.